The van der Waals surface area contributed by atoms with Gasteiger partial charge in [-0.2, -0.15) is 4.98 Å². The topological polar surface area (TPSA) is 94.0 Å². The summed E-state index contributed by atoms with van der Waals surface area (Å²) in [5.41, 5.74) is 7.84. The van der Waals surface area contributed by atoms with Crippen LogP contribution in [-0.4, -0.2) is 21.8 Å². The number of hydrogen-bond acceptors (Lipinski definition) is 6. The van der Waals surface area contributed by atoms with Crippen molar-refractivity contribution in [1.82, 2.24) is 10.1 Å². The van der Waals surface area contributed by atoms with E-state index in [1.54, 1.807) is 0 Å². The summed E-state index contributed by atoms with van der Waals surface area (Å²) in [5.74, 6) is 1.91. The van der Waals surface area contributed by atoms with Crippen LogP contribution in [0.25, 0.3) is 0 Å². The number of hydrogen-bond donors (Lipinski definition) is 2. The van der Waals surface area contributed by atoms with E-state index in [1.807, 2.05) is 31.2 Å². The molecule has 3 rings (SSSR count). The third-order valence-corrected chi connectivity index (χ3v) is 5.12. The number of nitrogens with one attached hydrogen (secondary N) is 1. The molecule has 0 spiro atoms. The first-order chi connectivity index (χ1) is 11.5. The number of thioether (sulfide) groups is 1. The second-order valence-electron chi connectivity index (χ2n) is 6.28. The fraction of sp³-hybridized carbons (Fsp3) is 0.471. The summed E-state index contributed by atoms with van der Waals surface area (Å²) in [4.78, 5) is 16.3. The van der Waals surface area contributed by atoms with Gasteiger partial charge in [-0.15, -0.1) is 11.8 Å². The Balaban J connectivity index is 1.45. The van der Waals surface area contributed by atoms with Gasteiger partial charge in [0.15, 0.2) is 5.82 Å². The summed E-state index contributed by atoms with van der Waals surface area (Å²) in [6, 6.07) is 7.72. The van der Waals surface area contributed by atoms with Crippen LogP contribution in [0.2, 0.25) is 0 Å². The van der Waals surface area contributed by atoms with E-state index in [2.05, 4.69) is 15.5 Å². The van der Waals surface area contributed by atoms with Gasteiger partial charge in [0.25, 0.3) is 0 Å². The van der Waals surface area contributed by atoms with Crippen LogP contribution in [0.5, 0.6) is 0 Å². The summed E-state index contributed by atoms with van der Waals surface area (Å²) in [5, 5.41) is 6.88. The lowest BCUT2D eigenvalue weighted by molar-refractivity contribution is -0.113. The molecule has 128 valence electrons. The van der Waals surface area contributed by atoms with Crippen molar-refractivity contribution in [1.29, 1.82) is 0 Å². The number of rotatable bonds is 6. The van der Waals surface area contributed by atoms with Crippen LogP contribution >= 0.6 is 11.8 Å². The molecular weight excluding hydrogens is 324 g/mol. The third kappa shape index (κ3) is 4.15. The van der Waals surface area contributed by atoms with E-state index in [9.17, 15) is 4.79 Å². The van der Waals surface area contributed by atoms with Crippen LogP contribution in [0.15, 0.2) is 28.8 Å². The fourth-order valence-corrected chi connectivity index (χ4v) is 3.46. The highest BCUT2D eigenvalue weighted by Crippen LogP contribution is 2.34. The molecule has 1 fully saturated rings. The minimum absolute atomic E-state index is 0.0466. The lowest BCUT2D eigenvalue weighted by Gasteiger charge is -2.17. The number of anilines is 1. The van der Waals surface area contributed by atoms with Gasteiger partial charge in [0, 0.05) is 5.69 Å². The minimum Gasteiger partial charge on any atom is -0.338 e. The Labute approximate surface area is 145 Å². The number of nitrogens with zero attached hydrogens (tertiary/aromatic N) is 2. The predicted molar refractivity (Wildman–Crippen MR) is 94.6 cm³/mol. The van der Waals surface area contributed by atoms with E-state index in [-0.39, 0.29) is 5.91 Å². The van der Waals surface area contributed by atoms with Crippen molar-refractivity contribution in [3.05, 3.63) is 41.5 Å². The van der Waals surface area contributed by atoms with Gasteiger partial charge in [0.1, 0.15) is 0 Å². The molecular formula is C17H22N4O2S. The molecule has 1 aliphatic rings. The standard InChI is InChI=1S/C17H22N4O2S/c1-12-4-6-13(7-5-12)19-14(22)10-24-11-15-20-16(21-23-15)17(18)8-2-3-9-17/h4-7H,2-3,8-11,18H2,1H3,(H,19,22). The van der Waals surface area contributed by atoms with Crippen molar-refractivity contribution in [3.8, 4) is 0 Å². The van der Waals surface area contributed by atoms with Crippen molar-refractivity contribution >= 4 is 23.4 Å². The number of aryl methyl sites for hydroxylation is 1. The Bertz CT molecular complexity index is 693. The SMILES string of the molecule is Cc1ccc(NC(=O)CSCc2nc(C3(N)CCCC3)no2)cc1. The predicted octanol–water partition coefficient (Wildman–Crippen LogP) is 2.98. The molecule has 1 aromatic heterocycles. The molecule has 0 bridgehead atoms. The second kappa shape index (κ2) is 7.36. The van der Waals surface area contributed by atoms with E-state index in [0.717, 1.165) is 36.9 Å². The number of benzene rings is 1. The molecule has 1 aliphatic carbocycles. The lowest BCUT2D eigenvalue weighted by Crippen LogP contribution is -2.34. The molecule has 24 heavy (non-hydrogen) atoms. The first-order valence-corrected chi connectivity index (χ1v) is 9.27. The molecule has 1 amide bonds. The molecule has 1 heterocycles. The summed E-state index contributed by atoms with van der Waals surface area (Å²) in [7, 11) is 0. The van der Waals surface area contributed by atoms with Crippen molar-refractivity contribution in [2.75, 3.05) is 11.1 Å². The van der Waals surface area contributed by atoms with Gasteiger partial charge in [0.05, 0.1) is 17.0 Å². The lowest BCUT2D eigenvalue weighted by atomic mass is 9.99. The highest BCUT2D eigenvalue weighted by Gasteiger charge is 2.35. The first kappa shape index (κ1) is 17.0. The number of amides is 1. The highest BCUT2D eigenvalue weighted by molar-refractivity contribution is 7.99. The Morgan fingerprint density at radius 1 is 1.33 bits per heavy atom. The van der Waals surface area contributed by atoms with Crippen LogP contribution in [0.4, 0.5) is 5.69 Å². The number of nitrogens with two attached hydrogens (primary N) is 1. The van der Waals surface area contributed by atoms with Crippen LogP contribution in [0.3, 0.4) is 0 Å². The van der Waals surface area contributed by atoms with E-state index in [0.29, 0.717) is 23.2 Å². The Morgan fingerprint density at radius 2 is 2.04 bits per heavy atom. The summed E-state index contributed by atoms with van der Waals surface area (Å²) < 4.78 is 5.26. The van der Waals surface area contributed by atoms with Gasteiger partial charge in [0.2, 0.25) is 11.8 Å². The molecule has 0 radical (unpaired) electrons. The van der Waals surface area contributed by atoms with Gasteiger partial charge in [-0.3, -0.25) is 4.79 Å². The first-order valence-electron chi connectivity index (χ1n) is 8.11. The maximum atomic E-state index is 11.9. The van der Waals surface area contributed by atoms with Crippen molar-refractivity contribution in [3.63, 3.8) is 0 Å². The van der Waals surface area contributed by atoms with Gasteiger partial charge in [-0.25, -0.2) is 0 Å². The Kier molecular flexibility index (Phi) is 5.20. The maximum absolute atomic E-state index is 11.9. The maximum Gasteiger partial charge on any atom is 0.236 e. The second-order valence-corrected chi connectivity index (χ2v) is 7.27. The smallest absolute Gasteiger partial charge is 0.236 e. The molecule has 7 heteroatoms. The Hall–Kier alpha value is -1.86. The Morgan fingerprint density at radius 3 is 2.75 bits per heavy atom. The summed E-state index contributed by atoms with van der Waals surface area (Å²) in [6.45, 7) is 2.01. The summed E-state index contributed by atoms with van der Waals surface area (Å²) >= 11 is 1.44. The van der Waals surface area contributed by atoms with Crippen molar-refractivity contribution in [2.24, 2.45) is 5.73 Å². The van der Waals surface area contributed by atoms with Gasteiger partial charge in [-0.1, -0.05) is 35.7 Å². The largest absolute Gasteiger partial charge is 0.338 e. The zero-order chi connectivity index (χ0) is 17.0. The van der Waals surface area contributed by atoms with E-state index in [1.165, 1.54) is 11.8 Å². The molecule has 0 unspecified atom stereocenters. The van der Waals surface area contributed by atoms with E-state index in [4.69, 9.17) is 10.3 Å². The molecule has 2 aromatic rings. The third-order valence-electron chi connectivity index (χ3n) is 4.20. The van der Waals surface area contributed by atoms with Crippen molar-refractivity contribution < 1.29 is 9.32 Å². The van der Waals surface area contributed by atoms with Gasteiger partial charge < -0.3 is 15.6 Å². The van der Waals surface area contributed by atoms with Gasteiger partial charge in [-0.05, 0) is 31.9 Å². The number of carbonyl (C=O) groups excluding carboxylic acids is 1. The molecule has 0 saturated heterocycles. The van der Waals surface area contributed by atoms with E-state index < -0.39 is 5.54 Å². The van der Waals surface area contributed by atoms with Crippen LogP contribution < -0.4 is 11.1 Å². The highest BCUT2D eigenvalue weighted by atomic mass is 32.2. The van der Waals surface area contributed by atoms with Gasteiger partial charge >= 0.3 is 0 Å². The molecule has 0 atom stereocenters. The van der Waals surface area contributed by atoms with Crippen molar-refractivity contribution in [2.45, 2.75) is 43.9 Å². The van der Waals surface area contributed by atoms with Crippen LogP contribution in [0.1, 0.15) is 43.0 Å². The zero-order valence-corrected chi connectivity index (χ0v) is 14.6. The van der Waals surface area contributed by atoms with Crippen LogP contribution in [-0.2, 0) is 16.1 Å². The number of carbonyl (C=O) groups is 1. The molecule has 6 nitrogen and oxygen atoms in total. The van der Waals surface area contributed by atoms with E-state index >= 15 is 0 Å². The molecule has 3 N–H and O–H groups in total. The quantitative estimate of drug-likeness (QED) is 0.835. The fourth-order valence-electron chi connectivity index (χ4n) is 2.81. The zero-order valence-electron chi connectivity index (χ0n) is 13.7. The number of aromatic nitrogens is 2. The minimum atomic E-state index is -0.435. The average molecular weight is 346 g/mol. The van der Waals surface area contributed by atoms with Crippen LogP contribution in [0, 0.1) is 6.92 Å². The summed E-state index contributed by atoms with van der Waals surface area (Å²) in [6.07, 6.45) is 4.01. The monoisotopic (exact) mass is 346 g/mol. The molecule has 1 saturated carbocycles. The normalized spacial score (nSPS) is 16.2. The molecule has 0 aliphatic heterocycles. The average Bonchev–Trinajstić information content (AvgIpc) is 3.20. The molecule has 1 aromatic carbocycles.